The fourth-order valence-corrected chi connectivity index (χ4v) is 3.47. The molecule has 0 fully saturated rings. The largest absolute Gasteiger partial charge is 0.493 e. The van der Waals surface area contributed by atoms with Crippen LogP contribution in [0.15, 0.2) is 47.1 Å². The maximum absolute atomic E-state index is 12.2. The molecule has 0 saturated carbocycles. The zero-order chi connectivity index (χ0) is 21.0. The molecule has 1 aliphatic heterocycles. The maximum atomic E-state index is 12.2. The van der Waals surface area contributed by atoms with Crippen molar-refractivity contribution in [1.29, 1.82) is 0 Å². The van der Waals surface area contributed by atoms with Crippen molar-refractivity contribution in [2.75, 3.05) is 20.8 Å². The lowest BCUT2D eigenvalue weighted by molar-refractivity contribution is -0.143. The number of esters is 2. The highest BCUT2D eigenvalue weighted by Crippen LogP contribution is 2.35. The summed E-state index contributed by atoms with van der Waals surface area (Å²) in [5, 5.41) is 0.434. The molecule has 2 aromatic carbocycles. The molecule has 0 amide bonds. The standard InChI is InChI=1S/C20H15ClINO6/c1-26-16-9-11(7-14(22)18(16)28-10-17(24)27-2)8-15-20(25)29-19(23-15)12-5-3-4-6-13(12)21/h3-9H,10H2,1-2H3/b15-8-. The van der Waals surface area contributed by atoms with Crippen molar-refractivity contribution in [1.82, 2.24) is 0 Å². The average Bonchev–Trinajstić information content (AvgIpc) is 3.06. The molecule has 0 aromatic heterocycles. The number of halogens is 2. The lowest BCUT2D eigenvalue weighted by atomic mass is 10.1. The van der Waals surface area contributed by atoms with Gasteiger partial charge in [0.25, 0.3) is 0 Å². The second-order valence-electron chi connectivity index (χ2n) is 5.71. The van der Waals surface area contributed by atoms with Crippen LogP contribution in [0.3, 0.4) is 0 Å². The van der Waals surface area contributed by atoms with Crippen LogP contribution in [0.1, 0.15) is 11.1 Å². The third-order valence-corrected chi connectivity index (χ3v) is 4.97. The number of methoxy groups -OCH3 is 2. The van der Waals surface area contributed by atoms with Crippen LogP contribution in [0.25, 0.3) is 6.08 Å². The minimum absolute atomic E-state index is 0.126. The maximum Gasteiger partial charge on any atom is 0.363 e. The number of hydrogen-bond acceptors (Lipinski definition) is 7. The van der Waals surface area contributed by atoms with E-state index < -0.39 is 11.9 Å². The molecule has 29 heavy (non-hydrogen) atoms. The van der Waals surface area contributed by atoms with E-state index in [1.807, 2.05) is 22.6 Å². The van der Waals surface area contributed by atoms with Gasteiger partial charge in [-0.2, -0.15) is 0 Å². The highest BCUT2D eigenvalue weighted by molar-refractivity contribution is 14.1. The summed E-state index contributed by atoms with van der Waals surface area (Å²) in [6.07, 6.45) is 1.57. The second kappa shape index (κ2) is 9.27. The van der Waals surface area contributed by atoms with Gasteiger partial charge in [0.2, 0.25) is 5.90 Å². The Labute approximate surface area is 185 Å². The highest BCUT2D eigenvalue weighted by Gasteiger charge is 2.25. The summed E-state index contributed by atoms with van der Waals surface area (Å²) in [5.74, 6) is -0.153. The van der Waals surface area contributed by atoms with E-state index in [2.05, 4.69) is 9.73 Å². The van der Waals surface area contributed by atoms with Crippen molar-refractivity contribution in [3.63, 3.8) is 0 Å². The molecule has 3 rings (SSSR count). The fourth-order valence-electron chi connectivity index (χ4n) is 2.47. The smallest absolute Gasteiger partial charge is 0.363 e. The zero-order valence-corrected chi connectivity index (χ0v) is 18.3. The lowest BCUT2D eigenvalue weighted by Gasteiger charge is -2.12. The Morgan fingerprint density at radius 2 is 2.03 bits per heavy atom. The molecule has 1 heterocycles. The van der Waals surface area contributed by atoms with E-state index in [1.54, 1.807) is 42.5 Å². The number of cyclic esters (lactones) is 1. The van der Waals surface area contributed by atoms with Crippen LogP contribution < -0.4 is 9.47 Å². The van der Waals surface area contributed by atoms with Gasteiger partial charge < -0.3 is 18.9 Å². The molecular formula is C20H15ClINO6. The first kappa shape index (κ1) is 21.1. The summed E-state index contributed by atoms with van der Waals surface area (Å²) < 4.78 is 21.3. The molecular weight excluding hydrogens is 513 g/mol. The Morgan fingerprint density at radius 1 is 1.28 bits per heavy atom. The van der Waals surface area contributed by atoms with Crippen LogP contribution in [-0.2, 0) is 19.1 Å². The van der Waals surface area contributed by atoms with Crippen LogP contribution in [0.2, 0.25) is 5.02 Å². The Balaban J connectivity index is 1.91. The number of hydrogen-bond donors (Lipinski definition) is 0. The molecule has 0 saturated heterocycles. The molecule has 0 bridgehead atoms. The van der Waals surface area contributed by atoms with Crippen molar-refractivity contribution in [2.24, 2.45) is 4.99 Å². The minimum atomic E-state index is -0.583. The molecule has 0 aliphatic carbocycles. The van der Waals surface area contributed by atoms with Gasteiger partial charge >= 0.3 is 11.9 Å². The molecule has 0 N–H and O–H groups in total. The molecule has 9 heteroatoms. The Hall–Kier alpha value is -2.59. The van der Waals surface area contributed by atoms with E-state index in [0.717, 1.165) is 0 Å². The predicted molar refractivity (Wildman–Crippen MR) is 115 cm³/mol. The predicted octanol–water partition coefficient (Wildman–Crippen LogP) is 3.85. The summed E-state index contributed by atoms with van der Waals surface area (Å²) in [6.45, 7) is -0.249. The summed E-state index contributed by atoms with van der Waals surface area (Å²) in [5.41, 5.74) is 1.30. The van der Waals surface area contributed by atoms with Crippen molar-refractivity contribution in [3.8, 4) is 11.5 Å². The number of carbonyl (C=O) groups excluding carboxylic acids is 2. The highest BCUT2D eigenvalue weighted by atomic mass is 127. The van der Waals surface area contributed by atoms with Gasteiger partial charge in [0.05, 0.1) is 28.4 Å². The SMILES string of the molecule is COC(=O)COc1c(I)cc(/C=C2\N=C(c3ccccc3Cl)OC2=O)cc1OC. The normalized spacial score (nSPS) is 14.4. The van der Waals surface area contributed by atoms with Crippen molar-refractivity contribution >= 4 is 58.1 Å². The number of nitrogens with zero attached hydrogens (tertiary/aromatic N) is 1. The van der Waals surface area contributed by atoms with Crippen molar-refractivity contribution in [2.45, 2.75) is 0 Å². The first-order valence-corrected chi connectivity index (χ1v) is 9.73. The fraction of sp³-hybridized carbons (Fsp3) is 0.150. The molecule has 0 spiro atoms. The van der Waals surface area contributed by atoms with E-state index in [1.165, 1.54) is 14.2 Å². The molecule has 150 valence electrons. The topological polar surface area (TPSA) is 83.4 Å². The zero-order valence-electron chi connectivity index (χ0n) is 15.4. The van der Waals surface area contributed by atoms with E-state index in [0.29, 0.717) is 31.2 Å². The van der Waals surface area contributed by atoms with Gasteiger partial charge in [-0.1, -0.05) is 23.7 Å². The summed E-state index contributed by atoms with van der Waals surface area (Å²) in [4.78, 5) is 27.8. The number of carbonyl (C=O) groups is 2. The van der Waals surface area contributed by atoms with Gasteiger partial charge in [-0.15, -0.1) is 0 Å². The molecule has 7 nitrogen and oxygen atoms in total. The monoisotopic (exact) mass is 527 g/mol. The summed E-state index contributed by atoms with van der Waals surface area (Å²) in [7, 11) is 2.76. The quantitative estimate of drug-likeness (QED) is 0.322. The second-order valence-corrected chi connectivity index (χ2v) is 7.28. The van der Waals surface area contributed by atoms with Gasteiger partial charge in [0, 0.05) is 0 Å². The Kier molecular flexibility index (Phi) is 6.75. The molecule has 0 radical (unpaired) electrons. The van der Waals surface area contributed by atoms with Gasteiger partial charge in [0.15, 0.2) is 23.8 Å². The first-order valence-electron chi connectivity index (χ1n) is 8.27. The number of rotatable bonds is 6. The number of ether oxygens (including phenoxy) is 4. The summed E-state index contributed by atoms with van der Waals surface area (Å²) >= 11 is 8.19. The van der Waals surface area contributed by atoms with Gasteiger partial charge in [-0.05, 0) is 58.5 Å². The lowest BCUT2D eigenvalue weighted by Crippen LogP contribution is -2.13. The first-order chi connectivity index (χ1) is 13.9. The van der Waals surface area contributed by atoms with Gasteiger partial charge in [-0.25, -0.2) is 14.6 Å². The number of aliphatic imine (C=N–C) groups is 1. The summed E-state index contributed by atoms with van der Waals surface area (Å²) in [6, 6.07) is 10.4. The van der Waals surface area contributed by atoms with E-state index >= 15 is 0 Å². The third-order valence-electron chi connectivity index (χ3n) is 3.84. The van der Waals surface area contributed by atoms with Crippen LogP contribution in [0.4, 0.5) is 0 Å². The Bertz CT molecular complexity index is 1030. The van der Waals surface area contributed by atoms with E-state index in [9.17, 15) is 9.59 Å². The van der Waals surface area contributed by atoms with E-state index in [4.69, 9.17) is 25.8 Å². The average molecular weight is 528 g/mol. The molecule has 2 aromatic rings. The van der Waals surface area contributed by atoms with Crippen LogP contribution in [-0.4, -0.2) is 38.7 Å². The third kappa shape index (κ3) is 4.88. The molecule has 0 atom stereocenters. The Morgan fingerprint density at radius 3 is 2.72 bits per heavy atom. The van der Waals surface area contributed by atoms with Crippen molar-refractivity contribution < 1.29 is 28.5 Å². The van der Waals surface area contributed by atoms with Gasteiger partial charge in [-0.3, -0.25) is 0 Å². The van der Waals surface area contributed by atoms with Crippen LogP contribution >= 0.6 is 34.2 Å². The van der Waals surface area contributed by atoms with Gasteiger partial charge in [0.1, 0.15) is 0 Å². The minimum Gasteiger partial charge on any atom is -0.493 e. The molecule has 1 aliphatic rings. The van der Waals surface area contributed by atoms with Crippen LogP contribution in [0.5, 0.6) is 11.5 Å². The molecule has 0 unspecified atom stereocenters. The number of benzene rings is 2. The van der Waals surface area contributed by atoms with Crippen molar-refractivity contribution in [3.05, 3.63) is 61.8 Å². The van der Waals surface area contributed by atoms with Crippen LogP contribution in [0, 0.1) is 3.57 Å². The van der Waals surface area contributed by atoms with E-state index in [-0.39, 0.29) is 18.2 Å².